The van der Waals surface area contributed by atoms with Crippen LogP contribution in [0, 0.1) is 6.92 Å². The molecule has 0 saturated carbocycles. The van der Waals surface area contributed by atoms with Gasteiger partial charge in [0.25, 0.3) is 0 Å². The molecule has 0 saturated heterocycles. The fourth-order valence-corrected chi connectivity index (χ4v) is 3.32. The summed E-state index contributed by atoms with van der Waals surface area (Å²) in [6, 6.07) is 13.6. The zero-order valence-corrected chi connectivity index (χ0v) is 14.9. The fourth-order valence-electron chi connectivity index (χ4n) is 3.09. The predicted octanol–water partition coefficient (Wildman–Crippen LogP) is 4.30. The molecule has 126 valence electrons. The molecule has 0 unspecified atom stereocenters. The van der Waals surface area contributed by atoms with Gasteiger partial charge in [0.1, 0.15) is 0 Å². The van der Waals surface area contributed by atoms with Gasteiger partial charge in [-0.3, -0.25) is 4.79 Å². The highest BCUT2D eigenvalue weighted by molar-refractivity contribution is 6.30. The molecule has 0 spiro atoms. The van der Waals surface area contributed by atoms with Crippen LogP contribution in [0.25, 0.3) is 0 Å². The van der Waals surface area contributed by atoms with Crippen molar-refractivity contribution < 1.29 is 4.79 Å². The molecule has 1 heterocycles. The summed E-state index contributed by atoms with van der Waals surface area (Å²) in [7, 11) is 0. The summed E-state index contributed by atoms with van der Waals surface area (Å²) >= 11 is 5.97. The summed E-state index contributed by atoms with van der Waals surface area (Å²) in [5.74, 6) is -0.0343. The van der Waals surface area contributed by atoms with Gasteiger partial charge in [0.2, 0.25) is 5.91 Å². The summed E-state index contributed by atoms with van der Waals surface area (Å²) in [6.07, 6.45) is 0. The first kappa shape index (κ1) is 16.7. The number of hydrogen-bond acceptors (Lipinski definition) is 3. The predicted molar refractivity (Wildman–Crippen MR) is 101 cm³/mol. The van der Waals surface area contributed by atoms with Crippen LogP contribution >= 0.6 is 11.6 Å². The molecular weight excluding hydrogens is 322 g/mol. The van der Waals surface area contributed by atoms with Crippen LogP contribution < -0.4 is 15.5 Å². The van der Waals surface area contributed by atoms with Gasteiger partial charge in [-0.1, -0.05) is 23.7 Å². The molecule has 3 rings (SSSR count). The molecule has 0 atom stereocenters. The average molecular weight is 344 g/mol. The van der Waals surface area contributed by atoms with E-state index >= 15 is 0 Å². The topological polar surface area (TPSA) is 44.4 Å². The summed E-state index contributed by atoms with van der Waals surface area (Å²) < 4.78 is 0. The molecular formula is C19H22ClN3O. The zero-order chi connectivity index (χ0) is 17.3. The Bertz CT molecular complexity index is 773. The number of para-hydroxylation sites is 2. The molecule has 2 aromatic rings. The Morgan fingerprint density at radius 3 is 2.79 bits per heavy atom. The Labute approximate surface area is 147 Å². The second-order valence-corrected chi connectivity index (χ2v) is 7.33. The highest BCUT2D eigenvalue weighted by Crippen LogP contribution is 2.34. The van der Waals surface area contributed by atoms with Crippen molar-refractivity contribution in [2.75, 3.05) is 28.6 Å². The van der Waals surface area contributed by atoms with Crippen LogP contribution in [0.4, 0.5) is 17.1 Å². The highest BCUT2D eigenvalue weighted by atomic mass is 35.5. The van der Waals surface area contributed by atoms with E-state index in [9.17, 15) is 4.79 Å². The van der Waals surface area contributed by atoms with E-state index in [2.05, 4.69) is 29.4 Å². The third-order valence-electron chi connectivity index (χ3n) is 4.10. The van der Waals surface area contributed by atoms with Gasteiger partial charge in [-0.2, -0.15) is 0 Å². The Morgan fingerprint density at radius 1 is 1.29 bits per heavy atom. The minimum absolute atomic E-state index is 0.0343. The van der Waals surface area contributed by atoms with E-state index in [0.717, 1.165) is 29.2 Å². The molecule has 4 nitrogen and oxygen atoms in total. The highest BCUT2D eigenvalue weighted by Gasteiger charge is 2.30. The van der Waals surface area contributed by atoms with Gasteiger partial charge in [0.05, 0.1) is 17.9 Å². The van der Waals surface area contributed by atoms with Crippen molar-refractivity contribution in [2.24, 2.45) is 0 Å². The maximum absolute atomic E-state index is 12.5. The van der Waals surface area contributed by atoms with Gasteiger partial charge in [-0.15, -0.1) is 0 Å². The average Bonchev–Trinajstić information content (AvgIpc) is 2.49. The fraction of sp³-hybridized carbons (Fsp3) is 0.316. The minimum Gasteiger partial charge on any atom is -0.377 e. The summed E-state index contributed by atoms with van der Waals surface area (Å²) in [6.45, 7) is 7.28. The Balaban J connectivity index is 1.76. The molecule has 0 bridgehead atoms. The molecule has 2 N–H and O–H groups in total. The first-order chi connectivity index (χ1) is 11.3. The van der Waals surface area contributed by atoms with Crippen molar-refractivity contribution in [3.8, 4) is 0 Å². The lowest BCUT2D eigenvalue weighted by atomic mass is 9.99. The number of aryl methyl sites for hydroxylation is 1. The molecule has 0 aliphatic carbocycles. The molecule has 2 aromatic carbocycles. The zero-order valence-electron chi connectivity index (χ0n) is 14.2. The van der Waals surface area contributed by atoms with Gasteiger partial charge in [-0.25, -0.2) is 0 Å². The summed E-state index contributed by atoms with van der Waals surface area (Å²) in [5, 5.41) is 7.17. The molecule has 0 radical (unpaired) electrons. The first-order valence-electron chi connectivity index (χ1n) is 8.02. The molecule has 0 aromatic heterocycles. The third kappa shape index (κ3) is 3.65. The Morgan fingerprint density at radius 2 is 2.04 bits per heavy atom. The number of fused-ring (bicyclic) bond motifs is 1. The quantitative estimate of drug-likeness (QED) is 0.873. The number of nitrogens with zero attached hydrogens (tertiary/aromatic N) is 1. The molecule has 0 fully saturated rings. The van der Waals surface area contributed by atoms with E-state index < -0.39 is 0 Å². The SMILES string of the molecule is Cc1cc(Cl)ccc1NC(=O)CN1CC(C)(C)Nc2ccccc21. The number of nitrogens with one attached hydrogen (secondary N) is 2. The van der Waals surface area contributed by atoms with Crippen molar-refractivity contribution in [3.63, 3.8) is 0 Å². The largest absolute Gasteiger partial charge is 0.377 e. The number of halogens is 1. The van der Waals surface area contributed by atoms with Crippen molar-refractivity contribution in [1.82, 2.24) is 0 Å². The molecule has 1 aliphatic rings. The van der Waals surface area contributed by atoms with Gasteiger partial charge < -0.3 is 15.5 Å². The lowest BCUT2D eigenvalue weighted by Gasteiger charge is -2.41. The number of amides is 1. The van der Waals surface area contributed by atoms with E-state index in [1.54, 1.807) is 6.07 Å². The van der Waals surface area contributed by atoms with Crippen molar-refractivity contribution >= 4 is 34.6 Å². The van der Waals surface area contributed by atoms with Crippen molar-refractivity contribution in [2.45, 2.75) is 26.3 Å². The van der Waals surface area contributed by atoms with Gasteiger partial charge in [0.15, 0.2) is 0 Å². The number of carbonyl (C=O) groups is 1. The first-order valence-corrected chi connectivity index (χ1v) is 8.40. The van der Waals surface area contributed by atoms with Crippen molar-refractivity contribution in [3.05, 3.63) is 53.1 Å². The Hall–Kier alpha value is -2.20. The van der Waals surface area contributed by atoms with Crippen LogP contribution in [0.3, 0.4) is 0 Å². The van der Waals surface area contributed by atoms with Gasteiger partial charge in [-0.05, 0) is 56.7 Å². The van der Waals surface area contributed by atoms with Crippen LogP contribution in [-0.2, 0) is 4.79 Å². The number of benzene rings is 2. The van der Waals surface area contributed by atoms with E-state index in [1.165, 1.54) is 0 Å². The summed E-state index contributed by atoms with van der Waals surface area (Å²) in [5.41, 5.74) is 3.78. The van der Waals surface area contributed by atoms with Gasteiger partial charge in [0, 0.05) is 22.8 Å². The summed E-state index contributed by atoms with van der Waals surface area (Å²) in [4.78, 5) is 14.6. The maximum Gasteiger partial charge on any atom is 0.243 e. The smallest absolute Gasteiger partial charge is 0.243 e. The molecule has 1 aliphatic heterocycles. The number of hydrogen-bond donors (Lipinski definition) is 2. The van der Waals surface area contributed by atoms with Crippen LogP contribution in [0.15, 0.2) is 42.5 Å². The number of rotatable bonds is 3. The van der Waals surface area contributed by atoms with Crippen LogP contribution in [0.5, 0.6) is 0 Å². The van der Waals surface area contributed by atoms with E-state index in [4.69, 9.17) is 11.6 Å². The second-order valence-electron chi connectivity index (χ2n) is 6.89. The van der Waals surface area contributed by atoms with Crippen LogP contribution in [0.1, 0.15) is 19.4 Å². The molecule has 24 heavy (non-hydrogen) atoms. The third-order valence-corrected chi connectivity index (χ3v) is 4.34. The van der Waals surface area contributed by atoms with Crippen LogP contribution in [0.2, 0.25) is 5.02 Å². The van der Waals surface area contributed by atoms with E-state index in [1.807, 2.05) is 43.3 Å². The monoisotopic (exact) mass is 343 g/mol. The van der Waals surface area contributed by atoms with E-state index in [0.29, 0.717) is 11.6 Å². The minimum atomic E-state index is -0.0924. The second kappa shape index (κ2) is 6.36. The molecule has 1 amide bonds. The van der Waals surface area contributed by atoms with Crippen LogP contribution in [-0.4, -0.2) is 24.5 Å². The normalized spacial score (nSPS) is 15.4. The Kier molecular flexibility index (Phi) is 4.41. The molecule has 5 heteroatoms. The lowest BCUT2D eigenvalue weighted by Crippen LogP contribution is -2.50. The number of carbonyl (C=O) groups excluding carboxylic acids is 1. The van der Waals surface area contributed by atoms with E-state index in [-0.39, 0.29) is 11.4 Å². The number of anilines is 3. The van der Waals surface area contributed by atoms with Crippen molar-refractivity contribution in [1.29, 1.82) is 0 Å². The maximum atomic E-state index is 12.5. The lowest BCUT2D eigenvalue weighted by molar-refractivity contribution is -0.115. The standard InChI is InChI=1S/C19H22ClN3O/c1-13-10-14(20)8-9-15(13)21-18(24)11-23-12-19(2,3)22-16-6-4-5-7-17(16)23/h4-10,22H,11-12H2,1-3H3,(H,21,24). The van der Waals surface area contributed by atoms with Gasteiger partial charge >= 0.3 is 0 Å².